The van der Waals surface area contributed by atoms with Crippen LogP contribution in [0.4, 0.5) is 0 Å². The first-order valence-electron chi connectivity index (χ1n) is 6.57. The summed E-state index contributed by atoms with van der Waals surface area (Å²) < 4.78 is 5.90. The third-order valence-corrected chi connectivity index (χ3v) is 3.67. The molecule has 2 saturated heterocycles. The molecule has 0 spiro atoms. The lowest BCUT2D eigenvalue weighted by Crippen LogP contribution is -2.54. The van der Waals surface area contributed by atoms with Gasteiger partial charge in [-0.3, -0.25) is 9.89 Å². The third-order valence-electron chi connectivity index (χ3n) is 3.67. The van der Waals surface area contributed by atoms with E-state index in [1.165, 1.54) is 25.8 Å². The van der Waals surface area contributed by atoms with Crippen LogP contribution in [0.15, 0.2) is 4.99 Å². The summed E-state index contributed by atoms with van der Waals surface area (Å²) >= 11 is 0. The minimum atomic E-state index is 0.287. The third kappa shape index (κ3) is 3.33. The normalized spacial score (nSPS) is 30.8. The Kier molecular flexibility index (Phi) is 4.62. The maximum Gasteiger partial charge on any atom is 0.190 e. The largest absolute Gasteiger partial charge is 0.373 e. The molecule has 0 aromatic heterocycles. The summed E-state index contributed by atoms with van der Waals surface area (Å²) in [4.78, 5) is 6.68. The van der Waals surface area contributed by atoms with Gasteiger partial charge in [-0.15, -0.1) is 0 Å². The monoisotopic (exact) mass is 240 g/mol. The Balaban J connectivity index is 1.76. The van der Waals surface area contributed by atoms with E-state index in [-0.39, 0.29) is 6.10 Å². The number of ether oxygens (including phenoxy) is 1. The van der Waals surface area contributed by atoms with Gasteiger partial charge >= 0.3 is 0 Å². The molecule has 5 heteroatoms. The molecule has 0 amide bonds. The number of nitrogens with one attached hydrogen (secondary N) is 2. The minimum Gasteiger partial charge on any atom is -0.373 e. The van der Waals surface area contributed by atoms with Crippen molar-refractivity contribution in [3.8, 4) is 0 Å². The molecule has 2 N–H and O–H groups in total. The van der Waals surface area contributed by atoms with Gasteiger partial charge in [-0.1, -0.05) is 6.42 Å². The van der Waals surface area contributed by atoms with Crippen molar-refractivity contribution in [2.45, 2.75) is 31.4 Å². The van der Waals surface area contributed by atoms with Gasteiger partial charge in [-0.25, -0.2) is 0 Å². The number of guanidine groups is 1. The van der Waals surface area contributed by atoms with Crippen LogP contribution in [-0.4, -0.2) is 63.3 Å². The summed E-state index contributed by atoms with van der Waals surface area (Å²) in [6.45, 7) is 4.02. The van der Waals surface area contributed by atoms with Crippen molar-refractivity contribution in [3.63, 3.8) is 0 Å². The average molecular weight is 240 g/mol. The number of fused-ring (bicyclic) bond motifs is 1. The summed E-state index contributed by atoms with van der Waals surface area (Å²) in [5, 5.41) is 6.29. The molecular formula is C12H24N4O. The van der Waals surface area contributed by atoms with Crippen LogP contribution in [0.2, 0.25) is 0 Å². The predicted octanol–water partition coefficient (Wildman–Crippen LogP) is 0.0345. The Morgan fingerprint density at radius 3 is 3.12 bits per heavy atom. The topological polar surface area (TPSA) is 48.9 Å². The maximum absolute atomic E-state index is 5.90. The second kappa shape index (κ2) is 6.21. The van der Waals surface area contributed by atoms with Crippen LogP contribution in [0.5, 0.6) is 0 Å². The van der Waals surface area contributed by atoms with Crippen LogP contribution in [0.3, 0.4) is 0 Å². The minimum absolute atomic E-state index is 0.287. The van der Waals surface area contributed by atoms with Crippen molar-refractivity contribution in [2.75, 3.05) is 40.3 Å². The van der Waals surface area contributed by atoms with E-state index in [2.05, 4.69) is 20.5 Å². The van der Waals surface area contributed by atoms with Crippen LogP contribution in [0.1, 0.15) is 19.3 Å². The van der Waals surface area contributed by atoms with Crippen molar-refractivity contribution in [3.05, 3.63) is 0 Å². The van der Waals surface area contributed by atoms with Crippen LogP contribution in [0.25, 0.3) is 0 Å². The summed E-state index contributed by atoms with van der Waals surface area (Å²) in [5.74, 6) is 0.828. The van der Waals surface area contributed by atoms with Gasteiger partial charge in [0.1, 0.15) is 0 Å². The molecule has 0 radical (unpaired) electrons. The van der Waals surface area contributed by atoms with E-state index >= 15 is 0 Å². The van der Waals surface area contributed by atoms with Gasteiger partial charge in [0.25, 0.3) is 0 Å². The van der Waals surface area contributed by atoms with Crippen LogP contribution < -0.4 is 10.6 Å². The molecule has 0 bridgehead atoms. The van der Waals surface area contributed by atoms with Crippen molar-refractivity contribution in [1.29, 1.82) is 0 Å². The lowest BCUT2D eigenvalue weighted by molar-refractivity contribution is -0.0719. The lowest BCUT2D eigenvalue weighted by Gasteiger charge is -2.42. The Morgan fingerprint density at radius 2 is 2.35 bits per heavy atom. The highest BCUT2D eigenvalue weighted by Gasteiger charge is 2.30. The molecule has 5 nitrogen and oxygen atoms in total. The Hall–Kier alpha value is -0.810. The maximum atomic E-state index is 5.90. The van der Waals surface area contributed by atoms with Crippen molar-refractivity contribution in [2.24, 2.45) is 4.99 Å². The molecule has 2 heterocycles. The van der Waals surface area contributed by atoms with Crippen LogP contribution >= 0.6 is 0 Å². The van der Waals surface area contributed by atoms with Gasteiger partial charge in [0.15, 0.2) is 5.96 Å². The van der Waals surface area contributed by atoms with Gasteiger partial charge in [0.05, 0.1) is 12.7 Å². The fraction of sp³-hybridized carbons (Fsp3) is 0.917. The first kappa shape index (κ1) is 12.6. The number of hydrogen-bond donors (Lipinski definition) is 2. The van der Waals surface area contributed by atoms with E-state index in [1.54, 1.807) is 7.05 Å². The highest BCUT2D eigenvalue weighted by Crippen LogP contribution is 2.21. The zero-order chi connectivity index (χ0) is 12.1. The van der Waals surface area contributed by atoms with Gasteiger partial charge in [0, 0.05) is 33.2 Å². The van der Waals surface area contributed by atoms with E-state index in [0.29, 0.717) is 6.04 Å². The highest BCUT2D eigenvalue weighted by atomic mass is 16.5. The molecule has 0 saturated carbocycles. The van der Waals surface area contributed by atoms with E-state index in [0.717, 1.165) is 25.7 Å². The van der Waals surface area contributed by atoms with E-state index in [1.807, 2.05) is 7.05 Å². The molecule has 0 aromatic carbocycles. The SMILES string of the molecule is CN=C(NC)NC[C@@H]1CN2CCCC[C@@H]2CO1. The number of morpholine rings is 1. The molecule has 98 valence electrons. The van der Waals surface area contributed by atoms with Crippen molar-refractivity contribution < 1.29 is 4.74 Å². The van der Waals surface area contributed by atoms with Crippen LogP contribution in [-0.2, 0) is 4.74 Å². The molecule has 2 fully saturated rings. The summed E-state index contributed by atoms with van der Waals surface area (Å²) in [6, 6.07) is 0.670. The van der Waals surface area contributed by atoms with Crippen LogP contribution in [0, 0.1) is 0 Å². The molecule has 2 aliphatic rings. The number of rotatable bonds is 2. The summed E-state index contributed by atoms with van der Waals surface area (Å²) in [6.07, 6.45) is 4.29. The standard InChI is InChI=1S/C12H24N4O/c1-13-12(14-2)15-7-11-8-16-6-4-3-5-10(16)9-17-11/h10-11H,3-9H2,1-2H3,(H2,13,14,15)/t10-,11-/m1/s1. The van der Waals surface area contributed by atoms with Gasteiger partial charge in [0.2, 0.25) is 0 Å². The molecule has 2 rings (SSSR count). The number of aliphatic imine (C=N–C) groups is 1. The lowest BCUT2D eigenvalue weighted by atomic mass is 10.0. The number of hydrogen-bond acceptors (Lipinski definition) is 3. The van der Waals surface area contributed by atoms with E-state index in [4.69, 9.17) is 4.74 Å². The van der Waals surface area contributed by atoms with Gasteiger partial charge in [-0.05, 0) is 19.4 Å². The molecule has 0 aromatic rings. The molecule has 2 aliphatic heterocycles. The van der Waals surface area contributed by atoms with Gasteiger partial charge in [-0.2, -0.15) is 0 Å². The Bertz CT molecular complexity index is 269. The second-order valence-corrected chi connectivity index (χ2v) is 4.80. The predicted molar refractivity (Wildman–Crippen MR) is 69.4 cm³/mol. The second-order valence-electron chi connectivity index (χ2n) is 4.80. The molecule has 0 unspecified atom stereocenters. The zero-order valence-electron chi connectivity index (χ0n) is 10.9. The molecule has 0 aliphatic carbocycles. The molecule has 17 heavy (non-hydrogen) atoms. The fourth-order valence-electron chi connectivity index (χ4n) is 2.66. The molecule has 2 atom stereocenters. The fourth-order valence-corrected chi connectivity index (χ4v) is 2.66. The van der Waals surface area contributed by atoms with Crippen molar-refractivity contribution >= 4 is 5.96 Å². The Morgan fingerprint density at radius 1 is 1.47 bits per heavy atom. The van der Waals surface area contributed by atoms with E-state index < -0.39 is 0 Å². The summed E-state index contributed by atoms with van der Waals surface area (Å²) in [7, 11) is 3.65. The highest BCUT2D eigenvalue weighted by molar-refractivity contribution is 5.79. The summed E-state index contributed by atoms with van der Waals surface area (Å²) in [5.41, 5.74) is 0. The van der Waals surface area contributed by atoms with Crippen molar-refractivity contribution in [1.82, 2.24) is 15.5 Å². The van der Waals surface area contributed by atoms with Gasteiger partial charge < -0.3 is 15.4 Å². The quantitative estimate of drug-likeness (QED) is 0.528. The number of piperidine rings is 1. The smallest absolute Gasteiger partial charge is 0.190 e. The number of nitrogens with zero attached hydrogens (tertiary/aromatic N) is 2. The Labute approximate surface area is 104 Å². The average Bonchev–Trinajstić information content (AvgIpc) is 2.40. The van der Waals surface area contributed by atoms with E-state index in [9.17, 15) is 0 Å². The zero-order valence-corrected chi connectivity index (χ0v) is 10.9. The first-order chi connectivity index (χ1) is 8.33. The first-order valence-corrected chi connectivity index (χ1v) is 6.57. The molecular weight excluding hydrogens is 216 g/mol.